The lowest BCUT2D eigenvalue weighted by Gasteiger charge is -2.06. The molecule has 7 nitrogen and oxygen atoms in total. The second-order valence-electron chi connectivity index (χ2n) is 3.53. The first-order valence-electron chi connectivity index (χ1n) is 5.08. The summed E-state index contributed by atoms with van der Waals surface area (Å²) in [5.41, 5.74) is 0. The summed E-state index contributed by atoms with van der Waals surface area (Å²) in [6.45, 7) is 2.38. The maximum atomic E-state index is 11.5. The van der Waals surface area contributed by atoms with Crippen LogP contribution < -0.4 is 5.32 Å². The molecule has 1 N–H and O–H groups in total. The second kappa shape index (κ2) is 6.17. The van der Waals surface area contributed by atoms with Gasteiger partial charge in [0.1, 0.15) is 12.4 Å². The average Bonchev–Trinajstić information content (AvgIpc) is 2.60. The molecule has 1 amide bonds. The molecule has 0 fully saturated rings. The molecule has 0 aliphatic carbocycles. The standard InChI is InChI=1S/C9H14ClN3O4S/c1-7-12-9(18(10,15)16)6-13(7)5-8(14)11-3-4-17-2/h6H,3-5H2,1-2H3,(H,11,14). The number of imidazole rings is 1. The molecular formula is C9H14ClN3O4S. The zero-order chi connectivity index (χ0) is 13.8. The van der Waals surface area contributed by atoms with Gasteiger partial charge in [0, 0.05) is 30.5 Å². The Bertz CT molecular complexity index is 526. The lowest BCUT2D eigenvalue weighted by molar-refractivity contribution is -0.121. The minimum absolute atomic E-state index is 0.0189. The molecule has 1 rings (SSSR count). The lowest BCUT2D eigenvalue weighted by atomic mass is 10.5. The predicted molar refractivity (Wildman–Crippen MR) is 64.9 cm³/mol. The van der Waals surface area contributed by atoms with E-state index >= 15 is 0 Å². The van der Waals surface area contributed by atoms with Gasteiger partial charge in [-0.15, -0.1) is 0 Å². The summed E-state index contributed by atoms with van der Waals surface area (Å²) >= 11 is 0. The summed E-state index contributed by atoms with van der Waals surface area (Å²) in [4.78, 5) is 15.3. The summed E-state index contributed by atoms with van der Waals surface area (Å²) < 4.78 is 28.3. The van der Waals surface area contributed by atoms with Gasteiger partial charge in [-0.05, 0) is 6.92 Å². The molecule has 1 aromatic heterocycles. The normalized spacial score (nSPS) is 11.5. The molecule has 0 saturated heterocycles. The van der Waals surface area contributed by atoms with Crippen molar-refractivity contribution in [3.63, 3.8) is 0 Å². The first-order valence-corrected chi connectivity index (χ1v) is 7.39. The number of nitrogens with zero attached hydrogens (tertiary/aromatic N) is 2. The molecule has 0 saturated carbocycles. The molecule has 0 spiro atoms. The number of aromatic nitrogens is 2. The summed E-state index contributed by atoms with van der Waals surface area (Å²) in [5, 5.41) is 2.35. The van der Waals surface area contributed by atoms with Gasteiger partial charge in [-0.25, -0.2) is 13.4 Å². The van der Waals surface area contributed by atoms with Gasteiger partial charge < -0.3 is 14.6 Å². The molecule has 0 unspecified atom stereocenters. The van der Waals surface area contributed by atoms with Crippen LogP contribution >= 0.6 is 10.7 Å². The van der Waals surface area contributed by atoms with Crippen molar-refractivity contribution in [2.75, 3.05) is 20.3 Å². The molecule has 0 atom stereocenters. The van der Waals surface area contributed by atoms with E-state index in [9.17, 15) is 13.2 Å². The Morgan fingerprint density at radius 1 is 1.61 bits per heavy atom. The molecule has 18 heavy (non-hydrogen) atoms. The van der Waals surface area contributed by atoms with Gasteiger partial charge in [0.2, 0.25) is 5.91 Å². The maximum absolute atomic E-state index is 11.5. The smallest absolute Gasteiger partial charge is 0.280 e. The largest absolute Gasteiger partial charge is 0.383 e. The number of aryl methyl sites for hydroxylation is 1. The number of carbonyl (C=O) groups is 1. The number of carbonyl (C=O) groups excluding carboxylic acids is 1. The van der Waals surface area contributed by atoms with E-state index in [1.807, 2.05) is 0 Å². The number of halogens is 1. The molecule has 0 aromatic carbocycles. The second-order valence-corrected chi connectivity index (χ2v) is 6.05. The molecule has 102 valence electrons. The van der Waals surface area contributed by atoms with Gasteiger partial charge >= 0.3 is 0 Å². The van der Waals surface area contributed by atoms with Gasteiger partial charge in [-0.3, -0.25) is 4.79 Å². The van der Waals surface area contributed by atoms with E-state index in [1.54, 1.807) is 6.92 Å². The van der Waals surface area contributed by atoms with E-state index in [1.165, 1.54) is 17.9 Å². The fourth-order valence-electron chi connectivity index (χ4n) is 1.26. The molecule has 0 radical (unpaired) electrons. The number of hydrogen-bond donors (Lipinski definition) is 1. The third-order valence-electron chi connectivity index (χ3n) is 2.15. The predicted octanol–water partition coefficient (Wildman–Crippen LogP) is -0.118. The van der Waals surface area contributed by atoms with Crippen molar-refractivity contribution in [2.45, 2.75) is 18.5 Å². The van der Waals surface area contributed by atoms with E-state index < -0.39 is 9.05 Å². The molecule has 0 aliphatic rings. The Morgan fingerprint density at radius 3 is 2.78 bits per heavy atom. The monoisotopic (exact) mass is 295 g/mol. The zero-order valence-electron chi connectivity index (χ0n) is 10.0. The van der Waals surface area contributed by atoms with Gasteiger partial charge in [0.15, 0.2) is 5.03 Å². The van der Waals surface area contributed by atoms with Crippen LogP contribution in [0, 0.1) is 6.92 Å². The zero-order valence-corrected chi connectivity index (χ0v) is 11.6. The van der Waals surface area contributed by atoms with Crippen LogP contribution in [0.1, 0.15) is 5.82 Å². The van der Waals surface area contributed by atoms with Crippen LogP contribution in [0.4, 0.5) is 0 Å². The van der Waals surface area contributed by atoms with Crippen molar-refractivity contribution in [3.05, 3.63) is 12.0 Å². The minimum Gasteiger partial charge on any atom is -0.383 e. The Hall–Kier alpha value is -1.12. The first-order chi connectivity index (χ1) is 8.34. The molecular weight excluding hydrogens is 282 g/mol. The summed E-state index contributed by atoms with van der Waals surface area (Å²) in [6.07, 6.45) is 1.23. The van der Waals surface area contributed by atoms with Crippen LogP contribution in [0.25, 0.3) is 0 Å². The van der Waals surface area contributed by atoms with E-state index in [0.717, 1.165) is 0 Å². The van der Waals surface area contributed by atoms with Crippen molar-refractivity contribution in [1.82, 2.24) is 14.9 Å². The number of nitrogens with one attached hydrogen (secondary N) is 1. The van der Waals surface area contributed by atoms with Crippen molar-refractivity contribution in [3.8, 4) is 0 Å². The molecule has 0 bridgehead atoms. The summed E-state index contributed by atoms with van der Waals surface area (Å²) in [5.74, 6) is 0.141. The van der Waals surface area contributed by atoms with E-state index in [2.05, 4.69) is 10.3 Å². The quantitative estimate of drug-likeness (QED) is 0.584. The first kappa shape index (κ1) is 14.9. The highest BCUT2D eigenvalue weighted by molar-refractivity contribution is 8.13. The summed E-state index contributed by atoms with van der Waals surface area (Å²) in [7, 11) is 2.82. The minimum atomic E-state index is -3.87. The van der Waals surface area contributed by atoms with E-state index in [-0.39, 0.29) is 17.5 Å². The molecule has 0 aliphatic heterocycles. The highest BCUT2D eigenvalue weighted by atomic mass is 35.7. The van der Waals surface area contributed by atoms with Crippen molar-refractivity contribution < 1.29 is 17.9 Å². The van der Waals surface area contributed by atoms with E-state index in [0.29, 0.717) is 19.0 Å². The van der Waals surface area contributed by atoms with Gasteiger partial charge in [-0.1, -0.05) is 0 Å². The highest BCUT2D eigenvalue weighted by Crippen LogP contribution is 2.13. The topological polar surface area (TPSA) is 90.3 Å². The molecule has 9 heteroatoms. The summed E-state index contributed by atoms with van der Waals surface area (Å²) in [6, 6.07) is 0. The van der Waals surface area contributed by atoms with Crippen molar-refractivity contribution in [1.29, 1.82) is 0 Å². The maximum Gasteiger partial charge on any atom is 0.280 e. The number of methoxy groups -OCH3 is 1. The average molecular weight is 296 g/mol. The Kier molecular flexibility index (Phi) is 5.12. The van der Waals surface area contributed by atoms with Crippen LogP contribution in [0.5, 0.6) is 0 Å². The van der Waals surface area contributed by atoms with Crippen LogP contribution in [-0.4, -0.2) is 44.1 Å². The fourth-order valence-corrected chi connectivity index (χ4v) is 1.98. The number of hydrogen-bond acceptors (Lipinski definition) is 5. The van der Waals surface area contributed by atoms with Crippen LogP contribution in [0.3, 0.4) is 0 Å². The Balaban J connectivity index is 2.68. The van der Waals surface area contributed by atoms with Crippen molar-refractivity contribution in [2.24, 2.45) is 0 Å². The van der Waals surface area contributed by atoms with Gasteiger partial charge in [0.25, 0.3) is 9.05 Å². The molecule has 1 heterocycles. The molecule has 1 aromatic rings. The third-order valence-corrected chi connectivity index (χ3v) is 3.32. The lowest BCUT2D eigenvalue weighted by Crippen LogP contribution is -2.30. The number of rotatable bonds is 6. The van der Waals surface area contributed by atoms with Gasteiger partial charge in [-0.2, -0.15) is 0 Å². The van der Waals surface area contributed by atoms with Gasteiger partial charge in [0.05, 0.1) is 6.61 Å². The van der Waals surface area contributed by atoms with Crippen LogP contribution in [0.15, 0.2) is 11.2 Å². The van der Waals surface area contributed by atoms with Crippen LogP contribution in [-0.2, 0) is 25.1 Å². The third kappa shape index (κ3) is 4.28. The highest BCUT2D eigenvalue weighted by Gasteiger charge is 2.17. The number of amides is 1. The van der Waals surface area contributed by atoms with E-state index in [4.69, 9.17) is 15.4 Å². The SMILES string of the molecule is COCCNC(=O)Cn1cc(S(=O)(=O)Cl)nc1C. The fraction of sp³-hybridized carbons (Fsp3) is 0.556. The van der Waals surface area contributed by atoms with Crippen molar-refractivity contribution >= 4 is 25.6 Å². The Labute approximate surface area is 110 Å². The Morgan fingerprint density at radius 2 is 2.28 bits per heavy atom. The number of ether oxygens (including phenoxy) is 1. The van der Waals surface area contributed by atoms with Crippen LogP contribution in [0.2, 0.25) is 0 Å².